The van der Waals surface area contributed by atoms with Gasteiger partial charge < -0.3 is 4.42 Å². The summed E-state index contributed by atoms with van der Waals surface area (Å²) in [6.45, 7) is 0. The highest BCUT2D eigenvalue weighted by Crippen LogP contribution is 2.49. The van der Waals surface area contributed by atoms with E-state index >= 15 is 0 Å². The molecule has 0 spiro atoms. The van der Waals surface area contributed by atoms with Crippen LogP contribution >= 0.6 is 11.3 Å². The summed E-state index contributed by atoms with van der Waals surface area (Å²) in [4.78, 5) is 16.3. The average molecular weight is 876 g/mol. The minimum atomic E-state index is 0.0844. The Morgan fingerprint density at radius 1 is 0.478 bits per heavy atom. The van der Waals surface area contributed by atoms with Crippen LogP contribution in [0.25, 0.3) is 115 Å². The van der Waals surface area contributed by atoms with Gasteiger partial charge in [0.15, 0.2) is 17.5 Å². The predicted molar refractivity (Wildman–Crippen MR) is 279 cm³/mol. The molecule has 5 heteroatoms. The highest BCUT2D eigenvalue weighted by atomic mass is 32.1. The zero-order valence-corrected chi connectivity index (χ0v) is 37.4. The molecule has 0 saturated heterocycles. The standard InChI is InChI=1S/C62H41N3OS/c1-2-13-37(14-3-1)39-18-12-19-43(32-39)60-63-61(44-27-29-49-48-21-9-11-24-56(48)67-57(49)36-44)65-62(64-60)53-34-45(35-55-59(53)51-22-8-10-23-54(51)66-55)46-28-26-42-31-40-16-4-5-17-41(40)33-52(42)58-47-20-7-6-15-38(47)25-30-50(46)58/h1-5,7-14,16-25,27,29-36,46H,6,15,26,28H2. The van der Waals surface area contributed by atoms with Gasteiger partial charge >= 0.3 is 0 Å². The van der Waals surface area contributed by atoms with Gasteiger partial charge in [0.25, 0.3) is 0 Å². The zero-order valence-electron chi connectivity index (χ0n) is 36.5. The van der Waals surface area contributed by atoms with E-state index in [1.165, 1.54) is 69.9 Å². The number of allylic oxidation sites excluding steroid dienone is 1. The molecular weight excluding hydrogens is 835 g/mol. The lowest BCUT2D eigenvalue weighted by Crippen LogP contribution is -2.07. The van der Waals surface area contributed by atoms with Crippen LogP contribution in [0.4, 0.5) is 0 Å². The minimum absolute atomic E-state index is 0.0844. The third-order valence-corrected chi connectivity index (χ3v) is 15.3. The third kappa shape index (κ3) is 6.37. The SMILES string of the molecule is C1=Cc2c(ccc3c2-c2cc4ccccc4cc2CCC3c2cc(-c3nc(-c4cccc(-c5ccccc5)c4)nc(-c4ccc5c(c4)sc4ccccc45)n3)c3c(c2)oc2ccccc23)CC1. The van der Waals surface area contributed by atoms with Crippen LogP contribution in [0.5, 0.6) is 0 Å². The lowest BCUT2D eigenvalue weighted by atomic mass is 9.80. The number of aromatic nitrogens is 3. The molecule has 3 heterocycles. The van der Waals surface area contributed by atoms with Gasteiger partial charge in [-0.2, -0.15) is 0 Å². The molecule has 0 radical (unpaired) electrons. The highest BCUT2D eigenvalue weighted by molar-refractivity contribution is 7.25. The quantitative estimate of drug-likeness (QED) is 0.173. The number of nitrogens with zero attached hydrogens (tertiary/aromatic N) is 3. The van der Waals surface area contributed by atoms with Crippen LogP contribution in [-0.4, -0.2) is 15.0 Å². The fourth-order valence-electron chi connectivity index (χ4n) is 11.0. The van der Waals surface area contributed by atoms with Crippen LogP contribution in [0, 0.1) is 0 Å². The number of thiophene rings is 1. The molecule has 4 nitrogen and oxygen atoms in total. The van der Waals surface area contributed by atoms with Crippen molar-refractivity contribution in [3.63, 3.8) is 0 Å². The van der Waals surface area contributed by atoms with Gasteiger partial charge in [-0.1, -0.05) is 152 Å². The molecule has 0 saturated carbocycles. The minimum Gasteiger partial charge on any atom is -0.456 e. The van der Waals surface area contributed by atoms with Crippen LogP contribution < -0.4 is 0 Å². The molecule has 0 bridgehead atoms. The molecule has 9 aromatic carbocycles. The van der Waals surface area contributed by atoms with E-state index in [-0.39, 0.29) is 5.92 Å². The summed E-state index contributed by atoms with van der Waals surface area (Å²) in [5.74, 6) is 1.97. The Bertz CT molecular complexity index is 4010. The second-order valence-corrected chi connectivity index (χ2v) is 19.2. The first-order valence-corrected chi connectivity index (χ1v) is 24.1. The van der Waals surface area contributed by atoms with Crippen molar-refractivity contribution in [1.82, 2.24) is 15.0 Å². The summed E-state index contributed by atoms with van der Waals surface area (Å²) < 4.78 is 9.33. The van der Waals surface area contributed by atoms with Crippen molar-refractivity contribution in [1.29, 1.82) is 0 Å². The van der Waals surface area contributed by atoms with Crippen LogP contribution in [-0.2, 0) is 12.8 Å². The summed E-state index contributed by atoms with van der Waals surface area (Å²) in [7, 11) is 0. The van der Waals surface area contributed by atoms with Gasteiger partial charge in [0.1, 0.15) is 11.2 Å². The van der Waals surface area contributed by atoms with Crippen LogP contribution in [0.2, 0.25) is 0 Å². The largest absolute Gasteiger partial charge is 0.456 e. The average Bonchev–Trinajstić information content (AvgIpc) is 3.91. The van der Waals surface area contributed by atoms with Crippen molar-refractivity contribution in [2.75, 3.05) is 0 Å². The van der Waals surface area contributed by atoms with Crippen LogP contribution in [0.3, 0.4) is 0 Å². The van der Waals surface area contributed by atoms with E-state index in [4.69, 9.17) is 19.4 Å². The van der Waals surface area contributed by atoms with Crippen molar-refractivity contribution >= 4 is 70.3 Å². The van der Waals surface area contributed by atoms with E-state index in [1.54, 1.807) is 11.3 Å². The fraction of sp³-hybridized carbons (Fsp3) is 0.0806. The number of benzene rings is 9. The van der Waals surface area contributed by atoms with Gasteiger partial charge in [0.2, 0.25) is 0 Å². The van der Waals surface area contributed by atoms with Crippen molar-refractivity contribution in [2.24, 2.45) is 0 Å². The first kappa shape index (κ1) is 38.3. The molecule has 14 rings (SSSR count). The van der Waals surface area contributed by atoms with E-state index in [2.05, 4.69) is 188 Å². The number of rotatable bonds is 5. The monoisotopic (exact) mass is 875 g/mol. The number of aryl methyl sites for hydroxylation is 2. The molecule has 0 aliphatic heterocycles. The Labute approximate surface area is 391 Å². The third-order valence-electron chi connectivity index (χ3n) is 14.2. The molecule has 1 unspecified atom stereocenters. The second kappa shape index (κ2) is 15.3. The molecule has 0 fully saturated rings. The summed E-state index contributed by atoms with van der Waals surface area (Å²) in [5, 5.41) is 7.12. The number of furan rings is 1. The van der Waals surface area contributed by atoms with Gasteiger partial charge in [-0.25, -0.2) is 15.0 Å². The Balaban J connectivity index is 1.01. The maximum atomic E-state index is 6.86. The predicted octanol–water partition coefficient (Wildman–Crippen LogP) is 16.7. The number of fused-ring (bicyclic) bond motifs is 12. The van der Waals surface area contributed by atoms with Crippen molar-refractivity contribution in [3.8, 4) is 56.4 Å². The van der Waals surface area contributed by atoms with Crippen molar-refractivity contribution in [3.05, 3.63) is 216 Å². The Hall–Kier alpha value is -7.99. The molecular formula is C62H41N3OS. The maximum absolute atomic E-state index is 6.86. The second-order valence-electron chi connectivity index (χ2n) is 18.1. The molecule has 67 heavy (non-hydrogen) atoms. The van der Waals surface area contributed by atoms with Gasteiger partial charge in [-0.15, -0.1) is 11.3 Å². The molecule has 1 atom stereocenters. The van der Waals surface area contributed by atoms with E-state index in [0.717, 1.165) is 75.4 Å². The lowest BCUT2D eigenvalue weighted by molar-refractivity contribution is 0.665. The molecule has 3 aromatic heterocycles. The molecule has 12 aromatic rings. The van der Waals surface area contributed by atoms with E-state index in [0.29, 0.717) is 17.5 Å². The number of hydrogen-bond acceptors (Lipinski definition) is 5. The number of hydrogen-bond donors (Lipinski definition) is 0. The molecule has 2 aliphatic carbocycles. The van der Waals surface area contributed by atoms with Gasteiger partial charge in [0.05, 0.1) is 0 Å². The Morgan fingerprint density at radius 2 is 1.21 bits per heavy atom. The molecule has 0 amide bonds. The summed E-state index contributed by atoms with van der Waals surface area (Å²) in [5.41, 5.74) is 16.2. The van der Waals surface area contributed by atoms with Gasteiger partial charge in [0, 0.05) is 53.6 Å². The first-order valence-electron chi connectivity index (χ1n) is 23.3. The lowest BCUT2D eigenvalue weighted by Gasteiger charge is -2.24. The normalized spacial score (nSPS) is 14.4. The van der Waals surface area contributed by atoms with Gasteiger partial charge in [-0.05, 0) is 129 Å². The van der Waals surface area contributed by atoms with Crippen LogP contribution in [0.1, 0.15) is 46.6 Å². The van der Waals surface area contributed by atoms with E-state index < -0.39 is 0 Å². The topological polar surface area (TPSA) is 51.8 Å². The summed E-state index contributed by atoms with van der Waals surface area (Å²) >= 11 is 1.81. The highest BCUT2D eigenvalue weighted by Gasteiger charge is 2.30. The maximum Gasteiger partial charge on any atom is 0.164 e. The summed E-state index contributed by atoms with van der Waals surface area (Å²) in [6, 6.07) is 65.9. The Kier molecular flexibility index (Phi) is 8.74. The van der Waals surface area contributed by atoms with Crippen molar-refractivity contribution < 1.29 is 4.42 Å². The molecule has 2 aliphatic rings. The Morgan fingerprint density at radius 3 is 2.10 bits per heavy atom. The van der Waals surface area contributed by atoms with Crippen molar-refractivity contribution in [2.45, 2.75) is 31.6 Å². The van der Waals surface area contributed by atoms with Crippen LogP contribution in [0.15, 0.2) is 192 Å². The number of para-hydroxylation sites is 1. The molecule has 0 N–H and O–H groups in total. The summed E-state index contributed by atoms with van der Waals surface area (Å²) in [6.07, 6.45) is 8.74. The van der Waals surface area contributed by atoms with E-state index in [1.807, 2.05) is 6.07 Å². The smallest absolute Gasteiger partial charge is 0.164 e. The first-order chi connectivity index (χ1) is 33.2. The zero-order chi connectivity index (χ0) is 44.0. The van der Waals surface area contributed by atoms with E-state index in [9.17, 15) is 0 Å². The van der Waals surface area contributed by atoms with Gasteiger partial charge in [-0.3, -0.25) is 0 Å². The molecule has 316 valence electrons. The fourth-order valence-corrected chi connectivity index (χ4v) is 12.1.